The molecule has 1 aliphatic heterocycles. The number of benzene rings is 1. The number of methoxy groups -OCH3 is 1. The van der Waals surface area contributed by atoms with Crippen molar-refractivity contribution < 1.29 is 14.3 Å². The van der Waals surface area contributed by atoms with Crippen molar-refractivity contribution in [2.45, 2.75) is 20.3 Å². The molecular formula is C15H19NO3S. The maximum atomic E-state index is 12.2. The van der Waals surface area contributed by atoms with Gasteiger partial charge in [0.05, 0.1) is 12.8 Å². The fraction of sp³-hybridized carbons (Fsp3) is 0.467. The van der Waals surface area contributed by atoms with Crippen LogP contribution in [-0.4, -0.2) is 30.4 Å². The molecule has 0 saturated carbocycles. The van der Waals surface area contributed by atoms with Gasteiger partial charge in [0, 0.05) is 25.6 Å². The Hall–Kier alpha value is -1.49. The summed E-state index contributed by atoms with van der Waals surface area (Å²) in [5, 5.41) is 0.101. The number of hydrogen-bond donors (Lipinski definition) is 0. The lowest BCUT2D eigenvalue weighted by Crippen LogP contribution is -2.25. The average molecular weight is 293 g/mol. The summed E-state index contributed by atoms with van der Waals surface area (Å²) in [6.45, 7) is 4.20. The molecule has 4 nitrogen and oxygen atoms in total. The third-order valence-corrected chi connectivity index (χ3v) is 4.40. The van der Waals surface area contributed by atoms with Crippen LogP contribution in [0.4, 0.5) is 5.69 Å². The number of carbonyl (C=O) groups excluding carboxylic acids is 2. The number of anilines is 1. The highest BCUT2D eigenvalue weighted by Gasteiger charge is 2.32. The number of aryl methyl sites for hydroxylation is 1. The van der Waals surface area contributed by atoms with Gasteiger partial charge in [-0.3, -0.25) is 9.59 Å². The number of amides is 1. The molecule has 5 heteroatoms. The van der Waals surface area contributed by atoms with Gasteiger partial charge in [-0.25, -0.2) is 0 Å². The molecule has 1 atom stereocenters. The maximum Gasteiger partial charge on any atom is 0.227 e. The van der Waals surface area contributed by atoms with Crippen LogP contribution in [0.3, 0.4) is 0 Å². The molecule has 0 aliphatic carbocycles. The quantitative estimate of drug-likeness (QED) is 0.856. The fourth-order valence-electron chi connectivity index (χ4n) is 2.37. The van der Waals surface area contributed by atoms with Crippen LogP contribution >= 0.6 is 11.8 Å². The van der Waals surface area contributed by atoms with Crippen molar-refractivity contribution in [1.29, 1.82) is 0 Å². The van der Waals surface area contributed by atoms with Crippen molar-refractivity contribution in [3.8, 4) is 5.75 Å². The first-order valence-electron chi connectivity index (χ1n) is 6.59. The molecular weight excluding hydrogens is 274 g/mol. The lowest BCUT2D eigenvalue weighted by Gasteiger charge is -2.20. The van der Waals surface area contributed by atoms with Gasteiger partial charge in [0.2, 0.25) is 5.91 Å². The predicted molar refractivity (Wildman–Crippen MR) is 81.3 cm³/mol. The Kier molecular flexibility index (Phi) is 4.70. The second kappa shape index (κ2) is 6.31. The Bertz CT molecular complexity index is 530. The van der Waals surface area contributed by atoms with E-state index in [1.165, 1.54) is 11.8 Å². The number of rotatable bonds is 4. The topological polar surface area (TPSA) is 46.6 Å². The Balaban J connectivity index is 2.15. The maximum absolute atomic E-state index is 12.2. The highest BCUT2D eigenvalue weighted by Crippen LogP contribution is 2.34. The first kappa shape index (κ1) is 14.9. The molecule has 20 heavy (non-hydrogen) atoms. The van der Waals surface area contributed by atoms with Crippen molar-refractivity contribution >= 4 is 28.5 Å². The van der Waals surface area contributed by atoms with Crippen molar-refractivity contribution in [2.24, 2.45) is 5.92 Å². The van der Waals surface area contributed by atoms with Crippen LogP contribution in [0, 0.1) is 12.8 Å². The summed E-state index contributed by atoms with van der Waals surface area (Å²) in [5.74, 6) is 1.74. The number of thioether (sulfide) groups is 1. The monoisotopic (exact) mass is 293 g/mol. The Morgan fingerprint density at radius 2 is 2.25 bits per heavy atom. The van der Waals surface area contributed by atoms with Crippen molar-refractivity contribution in [2.75, 3.05) is 24.3 Å². The molecule has 0 aromatic heterocycles. The lowest BCUT2D eigenvalue weighted by atomic mass is 10.1. The van der Waals surface area contributed by atoms with Crippen molar-refractivity contribution in [3.05, 3.63) is 23.8 Å². The molecule has 0 radical (unpaired) electrons. The van der Waals surface area contributed by atoms with Crippen LogP contribution in [0.15, 0.2) is 18.2 Å². The molecule has 2 rings (SSSR count). The highest BCUT2D eigenvalue weighted by molar-refractivity contribution is 8.13. The van der Waals surface area contributed by atoms with Gasteiger partial charge in [0.25, 0.3) is 0 Å². The third-order valence-electron chi connectivity index (χ3n) is 3.35. The van der Waals surface area contributed by atoms with Crippen molar-refractivity contribution in [1.82, 2.24) is 0 Å². The Labute approximate surface area is 123 Å². The summed E-state index contributed by atoms with van der Waals surface area (Å²) in [5.41, 5.74) is 1.92. The van der Waals surface area contributed by atoms with Gasteiger partial charge >= 0.3 is 0 Å². The summed E-state index contributed by atoms with van der Waals surface area (Å²) in [6.07, 6.45) is 0.497. The Morgan fingerprint density at radius 1 is 1.50 bits per heavy atom. The molecule has 1 aromatic rings. The SMILES string of the molecule is COc1ccc(C)cc1N1CC(CSC(C)=O)CC1=O. The summed E-state index contributed by atoms with van der Waals surface area (Å²) in [6, 6.07) is 5.82. The Morgan fingerprint density at radius 3 is 2.90 bits per heavy atom. The minimum absolute atomic E-state index is 0.100. The first-order chi connectivity index (χ1) is 9.51. The van der Waals surface area contributed by atoms with Gasteiger partial charge in [-0.2, -0.15) is 0 Å². The highest BCUT2D eigenvalue weighted by atomic mass is 32.2. The summed E-state index contributed by atoms with van der Waals surface area (Å²) >= 11 is 1.29. The number of nitrogens with zero attached hydrogens (tertiary/aromatic N) is 1. The molecule has 108 valence electrons. The van der Waals surface area contributed by atoms with Crippen LogP contribution < -0.4 is 9.64 Å². The van der Waals surface area contributed by atoms with E-state index in [1.54, 1.807) is 18.9 Å². The molecule has 0 bridgehead atoms. The number of carbonyl (C=O) groups is 2. The number of hydrogen-bond acceptors (Lipinski definition) is 4. The van der Waals surface area contributed by atoms with Crippen LogP contribution in [0.5, 0.6) is 5.75 Å². The van der Waals surface area contributed by atoms with Gasteiger partial charge in [-0.05, 0) is 30.5 Å². The van der Waals surface area contributed by atoms with Crippen LogP contribution in [0.25, 0.3) is 0 Å². The molecule has 1 aliphatic rings. The third kappa shape index (κ3) is 3.33. The minimum Gasteiger partial charge on any atom is -0.495 e. The van der Waals surface area contributed by atoms with E-state index in [0.29, 0.717) is 24.5 Å². The predicted octanol–water partition coefficient (Wildman–Crippen LogP) is 2.64. The summed E-state index contributed by atoms with van der Waals surface area (Å²) < 4.78 is 5.34. The molecule has 1 fully saturated rings. The van der Waals surface area contributed by atoms with Crippen LogP contribution in [-0.2, 0) is 9.59 Å². The molecule has 0 spiro atoms. The normalized spacial score (nSPS) is 18.4. The molecule has 1 saturated heterocycles. The van der Waals surface area contributed by atoms with E-state index in [-0.39, 0.29) is 16.9 Å². The standard InChI is InChI=1S/C15H19NO3S/c1-10-4-5-14(19-3)13(6-10)16-8-12(7-15(16)18)9-20-11(2)17/h4-6,12H,7-9H2,1-3H3. The molecule has 1 amide bonds. The zero-order valence-electron chi connectivity index (χ0n) is 12.0. The van der Waals surface area contributed by atoms with E-state index in [1.807, 2.05) is 25.1 Å². The minimum atomic E-state index is 0.100. The second-order valence-corrected chi connectivity index (χ2v) is 6.25. The van der Waals surface area contributed by atoms with E-state index < -0.39 is 0 Å². The second-order valence-electron chi connectivity index (χ2n) is 5.05. The van der Waals surface area contributed by atoms with Gasteiger partial charge < -0.3 is 9.64 Å². The van der Waals surface area contributed by atoms with Gasteiger partial charge in [0.1, 0.15) is 5.75 Å². The zero-order chi connectivity index (χ0) is 14.7. The van der Waals surface area contributed by atoms with Gasteiger partial charge in [-0.1, -0.05) is 17.8 Å². The van der Waals surface area contributed by atoms with E-state index >= 15 is 0 Å². The van der Waals surface area contributed by atoms with Crippen LogP contribution in [0.1, 0.15) is 18.9 Å². The first-order valence-corrected chi connectivity index (χ1v) is 7.58. The van der Waals surface area contributed by atoms with Gasteiger partial charge in [-0.15, -0.1) is 0 Å². The molecule has 1 heterocycles. The fourth-order valence-corrected chi connectivity index (χ4v) is 3.07. The lowest BCUT2D eigenvalue weighted by molar-refractivity contribution is -0.117. The largest absolute Gasteiger partial charge is 0.495 e. The molecule has 0 N–H and O–H groups in total. The number of ether oxygens (including phenoxy) is 1. The average Bonchev–Trinajstić information content (AvgIpc) is 2.77. The zero-order valence-corrected chi connectivity index (χ0v) is 12.8. The summed E-state index contributed by atoms with van der Waals surface area (Å²) in [7, 11) is 1.61. The smallest absolute Gasteiger partial charge is 0.227 e. The molecule has 1 aromatic carbocycles. The van der Waals surface area contributed by atoms with Gasteiger partial charge in [0.15, 0.2) is 5.12 Å². The van der Waals surface area contributed by atoms with E-state index in [2.05, 4.69) is 0 Å². The molecule has 1 unspecified atom stereocenters. The van der Waals surface area contributed by atoms with E-state index in [9.17, 15) is 9.59 Å². The van der Waals surface area contributed by atoms with E-state index in [0.717, 1.165) is 11.3 Å². The summed E-state index contributed by atoms with van der Waals surface area (Å²) in [4.78, 5) is 25.0. The van der Waals surface area contributed by atoms with Crippen LogP contribution in [0.2, 0.25) is 0 Å². The van der Waals surface area contributed by atoms with E-state index in [4.69, 9.17) is 4.74 Å². The van der Waals surface area contributed by atoms with Crippen molar-refractivity contribution in [3.63, 3.8) is 0 Å².